The molecule has 0 bridgehead atoms. The number of nitrogen functional groups attached to an aromatic ring is 1. The van der Waals surface area contributed by atoms with Crippen molar-refractivity contribution in [3.63, 3.8) is 0 Å². The first-order valence-electron chi connectivity index (χ1n) is 7.73. The molecule has 0 aromatic heterocycles. The number of anilines is 1. The lowest BCUT2D eigenvalue weighted by molar-refractivity contribution is 0.158. The molecule has 106 valence electrons. The van der Waals surface area contributed by atoms with Crippen molar-refractivity contribution in [2.75, 3.05) is 12.3 Å². The molecule has 1 saturated carbocycles. The van der Waals surface area contributed by atoms with E-state index in [0.717, 1.165) is 18.2 Å². The van der Waals surface area contributed by atoms with Gasteiger partial charge in [0.25, 0.3) is 0 Å². The van der Waals surface area contributed by atoms with Crippen LogP contribution in [0.15, 0.2) is 24.3 Å². The van der Waals surface area contributed by atoms with Gasteiger partial charge in [-0.25, -0.2) is 0 Å². The number of hydrogen-bond donors (Lipinski definition) is 1. The van der Waals surface area contributed by atoms with E-state index in [1.54, 1.807) is 0 Å². The van der Waals surface area contributed by atoms with E-state index in [9.17, 15) is 0 Å². The smallest absolute Gasteiger partial charge is 0.0314 e. The highest BCUT2D eigenvalue weighted by atomic mass is 15.1. The van der Waals surface area contributed by atoms with Gasteiger partial charge in [0, 0.05) is 24.8 Å². The molecular formula is C17H28N2. The minimum Gasteiger partial charge on any atom is -0.399 e. The maximum atomic E-state index is 5.75. The minimum atomic E-state index is 0.611. The molecule has 1 aliphatic carbocycles. The zero-order chi connectivity index (χ0) is 13.7. The van der Waals surface area contributed by atoms with Gasteiger partial charge < -0.3 is 5.73 Å². The maximum Gasteiger partial charge on any atom is 0.0314 e. The van der Waals surface area contributed by atoms with Crippen LogP contribution in [0.2, 0.25) is 0 Å². The fourth-order valence-corrected chi connectivity index (χ4v) is 3.02. The lowest BCUT2D eigenvalue weighted by Gasteiger charge is -2.32. The Morgan fingerprint density at radius 1 is 1.11 bits per heavy atom. The minimum absolute atomic E-state index is 0.611. The van der Waals surface area contributed by atoms with Gasteiger partial charge in [0.15, 0.2) is 0 Å². The van der Waals surface area contributed by atoms with Crippen molar-refractivity contribution in [1.29, 1.82) is 0 Å². The fourth-order valence-electron chi connectivity index (χ4n) is 3.02. The van der Waals surface area contributed by atoms with Crippen LogP contribution in [-0.4, -0.2) is 17.5 Å². The number of hydrogen-bond acceptors (Lipinski definition) is 2. The molecule has 19 heavy (non-hydrogen) atoms. The molecule has 2 nitrogen and oxygen atoms in total. The summed E-state index contributed by atoms with van der Waals surface area (Å²) < 4.78 is 0. The number of rotatable bonds is 5. The van der Waals surface area contributed by atoms with E-state index in [1.807, 2.05) is 12.1 Å². The standard InChI is InChI=1S/C17H28N2/c1-14(2)19(12-15-6-4-3-5-7-15)13-16-8-10-17(18)11-9-16/h8-11,14-15H,3-7,12-13,18H2,1-2H3. The average Bonchev–Trinajstić information content (AvgIpc) is 2.41. The van der Waals surface area contributed by atoms with E-state index < -0.39 is 0 Å². The van der Waals surface area contributed by atoms with Crippen molar-refractivity contribution in [3.05, 3.63) is 29.8 Å². The molecule has 2 N–H and O–H groups in total. The van der Waals surface area contributed by atoms with Crippen molar-refractivity contribution >= 4 is 5.69 Å². The number of nitrogens with two attached hydrogens (primary N) is 1. The van der Waals surface area contributed by atoms with Gasteiger partial charge >= 0.3 is 0 Å². The monoisotopic (exact) mass is 260 g/mol. The summed E-state index contributed by atoms with van der Waals surface area (Å²) in [7, 11) is 0. The molecule has 0 unspecified atom stereocenters. The van der Waals surface area contributed by atoms with E-state index in [2.05, 4.69) is 30.9 Å². The molecule has 1 fully saturated rings. The molecule has 2 rings (SSSR count). The zero-order valence-electron chi connectivity index (χ0n) is 12.4. The molecule has 0 saturated heterocycles. The summed E-state index contributed by atoms with van der Waals surface area (Å²) in [6.07, 6.45) is 7.14. The normalized spacial score (nSPS) is 17.3. The first-order chi connectivity index (χ1) is 9.15. The van der Waals surface area contributed by atoms with Gasteiger partial charge in [0.05, 0.1) is 0 Å². The molecule has 1 aliphatic rings. The molecule has 0 amide bonds. The van der Waals surface area contributed by atoms with Gasteiger partial charge in [-0.1, -0.05) is 31.4 Å². The molecule has 1 aromatic carbocycles. The van der Waals surface area contributed by atoms with Crippen LogP contribution in [-0.2, 0) is 6.54 Å². The SMILES string of the molecule is CC(C)N(Cc1ccc(N)cc1)CC1CCCCC1. The van der Waals surface area contributed by atoms with Crippen LogP contribution in [0, 0.1) is 5.92 Å². The topological polar surface area (TPSA) is 29.3 Å². The molecule has 0 atom stereocenters. The Hall–Kier alpha value is -1.02. The lowest BCUT2D eigenvalue weighted by Crippen LogP contribution is -2.35. The van der Waals surface area contributed by atoms with Crippen molar-refractivity contribution in [3.8, 4) is 0 Å². The predicted octanol–water partition coefficient (Wildman–Crippen LogP) is 4.06. The fraction of sp³-hybridized carbons (Fsp3) is 0.647. The van der Waals surface area contributed by atoms with Crippen molar-refractivity contribution in [2.45, 2.75) is 58.5 Å². The van der Waals surface area contributed by atoms with Crippen LogP contribution in [0.3, 0.4) is 0 Å². The summed E-state index contributed by atoms with van der Waals surface area (Å²) >= 11 is 0. The van der Waals surface area contributed by atoms with Gasteiger partial charge in [-0.05, 0) is 50.3 Å². The Morgan fingerprint density at radius 3 is 2.32 bits per heavy atom. The van der Waals surface area contributed by atoms with E-state index in [-0.39, 0.29) is 0 Å². The Kier molecular flexibility index (Phi) is 5.26. The van der Waals surface area contributed by atoms with Crippen LogP contribution >= 0.6 is 0 Å². The van der Waals surface area contributed by atoms with Crippen LogP contribution in [0.1, 0.15) is 51.5 Å². The lowest BCUT2D eigenvalue weighted by atomic mass is 9.88. The highest BCUT2D eigenvalue weighted by molar-refractivity contribution is 5.39. The summed E-state index contributed by atoms with van der Waals surface area (Å²) in [6, 6.07) is 8.94. The quantitative estimate of drug-likeness (QED) is 0.809. The largest absolute Gasteiger partial charge is 0.399 e. The Labute approximate surface area is 118 Å². The first kappa shape index (κ1) is 14.4. The van der Waals surface area contributed by atoms with Gasteiger partial charge in [-0.3, -0.25) is 4.90 Å². The molecule has 0 aliphatic heterocycles. The summed E-state index contributed by atoms with van der Waals surface area (Å²) in [5.74, 6) is 0.907. The number of nitrogens with zero attached hydrogens (tertiary/aromatic N) is 1. The van der Waals surface area contributed by atoms with Gasteiger partial charge in [-0.2, -0.15) is 0 Å². The Morgan fingerprint density at radius 2 is 1.74 bits per heavy atom. The van der Waals surface area contributed by atoms with Crippen molar-refractivity contribution in [2.24, 2.45) is 5.92 Å². The second-order valence-corrected chi connectivity index (χ2v) is 6.27. The Bertz CT molecular complexity index is 363. The first-order valence-corrected chi connectivity index (χ1v) is 7.73. The van der Waals surface area contributed by atoms with Crippen LogP contribution in [0.25, 0.3) is 0 Å². The second-order valence-electron chi connectivity index (χ2n) is 6.27. The third-order valence-corrected chi connectivity index (χ3v) is 4.31. The summed E-state index contributed by atoms with van der Waals surface area (Å²) in [5.41, 5.74) is 7.98. The predicted molar refractivity (Wildman–Crippen MR) is 83.0 cm³/mol. The highest BCUT2D eigenvalue weighted by Gasteiger charge is 2.19. The Balaban J connectivity index is 1.93. The van der Waals surface area contributed by atoms with Gasteiger partial charge in [0.1, 0.15) is 0 Å². The van der Waals surface area contributed by atoms with Gasteiger partial charge in [-0.15, -0.1) is 0 Å². The third-order valence-electron chi connectivity index (χ3n) is 4.31. The van der Waals surface area contributed by atoms with Crippen molar-refractivity contribution in [1.82, 2.24) is 4.90 Å². The highest BCUT2D eigenvalue weighted by Crippen LogP contribution is 2.25. The van der Waals surface area contributed by atoms with Gasteiger partial charge in [0.2, 0.25) is 0 Å². The van der Waals surface area contributed by atoms with Crippen molar-refractivity contribution < 1.29 is 0 Å². The zero-order valence-corrected chi connectivity index (χ0v) is 12.4. The van der Waals surface area contributed by atoms with Crippen LogP contribution in [0.5, 0.6) is 0 Å². The van der Waals surface area contributed by atoms with Crippen LogP contribution in [0.4, 0.5) is 5.69 Å². The number of benzene rings is 1. The summed E-state index contributed by atoms with van der Waals surface area (Å²) in [5, 5.41) is 0. The maximum absolute atomic E-state index is 5.75. The average molecular weight is 260 g/mol. The molecule has 1 aromatic rings. The van der Waals surface area contributed by atoms with E-state index >= 15 is 0 Å². The molecule has 0 spiro atoms. The molecule has 2 heteroatoms. The van der Waals surface area contributed by atoms with Crippen LogP contribution < -0.4 is 5.73 Å². The molecule has 0 heterocycles. The van der Waals surface area contributed by atoms with E-state index in [0.29, 0.717) is 6.04 Å². The molecule has 0 radical (unpaired) electrons. The van der Waals surface area contributed by atoms with E-state index in [4.69, 9.17) is 5.73 Å². The summed E-state index contributed by atoms with van der Waals surface area (Å²) in [4.78, 5) is 2.61. The molecular weight excluding hydrogens is 232 g/mol. The summed E-state index contributed by atoms with van der Waals surface area (Å²) in [6.45, 7) is 6.91. The third kappa shape index (κ3) is 4.54. The van der Waals surface area contributed by atoms with E-state index in [1.165, 1.54) is 44.2 Å². The second kappa shape index (κ2) is 6.95.